The molecule has 23 heavy (non-hydrogen) atoms. The van der Waals surface area contributed by atoms with Gasteiger partial charge in [0.05, 0.1) is 27.1 Å². The molecule has 2 heterocycles. The highest BCUT2D eigenvalue weighted by Crippen LogP contribution is 2.43. The molecule has 0 aromatic heterocycles. The predicted molar refractivity (Wildman–Crippen MR) is 91.1 cm³/mol. The summed E-state index contributed by atoms with van der Waals surface area (Å²) in [6.45, 7) is 0.414. The van der Waals surface area contributed by atoms with Crippen molar-refractivity contribution in [2.24, 2.45) is 11.8 Å². The first-order valence-corrected chi connectivity index (χ1v) is 7.68. The van der Waals surface area contributed by atoms with Gasteiger partial charge in [-0.3, -0.25) is 4.90 Å². The summed E-state index contributed by atoms with van der Waals surface area (Å²) in [5, 5.41) is 11.2. The summed E-state index contributed by atoms with van der Waals surface area (Å²) in [6, 6.07) is -0.167. The first-order valence-electron chi connectivity index (χ1n) is 12.7. The van der Waals surface area contributed by atoms with Gasteiger partial charge in [-0.2, -0.15) is 0 Å². The van der Waals surface area contributed by atoms with E-state index in [0.29, 0.717) is 5.56 Å². The van der Waals surface area contributed by atoms with Crippen molar-refractivity contribution in [1.29, 1.82) is 0 Å². The molecule has 0 amide bonds. The monoisotopic (exact) mass is 329 g/mol. The normalized spacial score (nSPS) is 48.4. The molecule has 1 aromatic carbocycles. The second-order valence-electron chi connectivity index (χ2n) is 6.17. The molecule has 0 saturated carbocycles. The van der Waals surface area contributed by atoms with Crippen LogP contribution in [0.15, 0.2) is 12.1 Å². The summed E-state index contributed by atoms with van der Waals surface area (Å²) >= 11 is 0. The van der Waals surface area contributed by atoms with Gasteiger partial charge in [0.25, 0.3) is 0 Å². The lowest BCUT2D eigenvalue weighted by molar-refractivity contribution is -0.0191. The summed E-state index contributed by atoms with van der Waals surface area (Å²) in [6.07, 6.45) is -6.67. The Morgan fingerprint density at radius 3 is 2.91 bits per heavy atom. The van der Waals surface area contributed by atoms with Crippen LogP contribution in [0.1, 0.15) is 57.5 Å². The highest BCUT2D eigenvalue weighted by molar-refractivity contribution is 5.49. The number of benzene rings is 1. The van der Waals surface area contributed by atoms with Gasteiger partial charge in [-0.25, -0.2) is 0 Å². The fourth-order valence-corrected chi connectivity index (χ4v) is 2.96. The van der Waals surface area contributed by atoms with Crippen molar-refractivity contribution < 1.29 is 28.3 Å². The largest absolute Gasteiger partial charge is 0.493 e. The number of piperidine rings is 1. The van der Waals surface area contributed by atoms with Crippen molar-refractivity contribution in [1.82, 2.24) is 4.90 Å². The topological polar surface area (TPSA) is 41.9 Å². The van der Waals surface area contributed by atoms with Crippen LogP contribution in [0.3, 0.4) is 0 Å². The Balaban J connectivity index is 2.32. The van der Waals surface area contributed by atoms with Crippen LogP contribution < -0.4 is 9.47 Å². The molecule has 2 aliphatic rings. The molecule has 3 atom stereocenters. The predicted octanol–water partition coefficient (Wildman–Crippen LogP) is 3.03. The lowest BCUT2D eigenvalue weighted by atomic mass is 9.79. The van der Waals surface area contributed by atoms with Crippen LogP contribution in [-0.2, 0) is 6.42 Å². The van der Waals surface area contributed by atoms with Gasteiger partial charge in [-0.1, -0.05) is 13.8 Å². The smallest absolute Gasteiger partial charge is 0.161 e. The van der Waals surface area contributed by atoms with E-state index in [9.17, 15) is 6.48 Å². The molecule has 4 heteroatoms. The Hall–Kier alpha value is -1.26. The maximum Gasteiger partial charge on any atom is 0.161 e. The average Bonchev–Trinajstić information content (AvgIpc) is 2.64. The van der Waals surface area contributed by atoms with E-state index < -0.39 is 37.9 Å². The van der Waals surface area contributed by atoms with E-state index in [1.807, 2.05) is 0 Å². The Morgan fingerprint density at radius 2 is 2.22 bits per heavy atom. The van der Waals surface area contributed by atoms with Gasteiger partial charge in [-0.15, -0.1) is 0 Å². The highest BCUT2D eigenvalue weighted by Gasteiger charge is 2.38. The minimum atomic E-state index is -3.33. The molecule has 1 saturated heterocycles. The lowest BCUT2D eigenvalue weighted by Crippen LogP contribution is -2.48. The molecular weight excluding hydrogens is 290 g/mol. The van der Waals surface area contributed by atoms with Gasteiger partial charge in [0, 0.05) is 25.9 Å². The van der Waals surface area contributed by atoms with Gasteiger partial charge in [0.1, 0.15) is 0 Å². The highest BCUT2D eigenvalue weighted by atomic mass is 16.5. The number of hydrogen-bond donors (Lipinski definition) is 1. The third-order valence-corrected chi connectivity index (χ3v) is 4.03. The fraction of sp³-hybridized carbons (Fsp3) is 0.684. The Kier molecular flexibility index (Phi) is 2.39. The molecule has 4 nitrogen and oxygen atoms in total. The first-order chi connectivity index (χ1) is 14.8. The number of aliphatic hydroxyl groups is 1. The van der Waals surface area contributed by atoms with Crippen molar-refractivity contribution in [2.75, 3.05) is 27.2 Å². The molecule has 0 aliphatic carbocycles. The van der Waals surface area contributed by atoms with Crippen molar-refractivity contribution >= 4 is 0 Å². The van der Waals surface area contributed by atoms with Crippen molar-refractivity contribution in [2.45, 2.75) is 45.2 Å². The molecule has 2 aliphatic heterocycles. The zero-order valence-corrected chi connectivity index (χ0v) is 13.6. The van der Waals surface area contributed by atoms with E-state index in [1.165, 1.54) is 13.2 Å². The average molecular weight is 330 g/mol. The molecule has 0 radical (unpaired) electrons. The van der Waals surface area contributed by atoms with Crippen LogP contribution in [0, 0.1) is 11.8 Å². The maximum absolute atomic E-state index is 11.2. The Morgan fingerprint density at radius 1 is 1.43 bits per heavy atom. The molecular formula is C19H29NO3. The second-order valence-corrected chi connectivity index (χ2v) is 6.17. The van der Waals surface area contributed by atoms with Gasteiger partial charge in [-0.05, 0) is 54.3 Å². The zero-order chi connectivity index (χ0) is 25.4. The second kappa shape index (κ2) is 6.70. The number of rotatable bonds is 4. The van der Waals surface area contributed by atoms with E-state index in [0.717, 1.165) is 11.0 Å². The molecule has 1 N–H and O–H groups in total. The van der Waals surface area contributed by atoms with Gasteiger partial charge in [0.15, 0.2) is 11.5 Å². The number of ether oxygens (including phenoxy) is 2. The summed E-state index contributed by atoms with van der Waals surface area (Å²) in [5.41, 5.74) is 0.216. The van der Waals surface area contributed by atoms with Gasteiger partial charge >= 0.3 is 0 Å². The SMILES string of the molecule is [2H]C([2H])([2H])Oc1cc2c(cc1OC)CCN1C([2H])([2H])C([2H])(CC(C)C)C([2H])(O)C([2H])([2H])C21[2H]. The van der Waals surface area contributed by atoms with Gasteiger partial charge in [0.2, 0.25) is 0 Å². The minimum absolute atomic E-state index is 0.0390. The quantitative estimate of drug-likeness (QED) is 0.922. The van der Waals surface area contributed by atoms with E-state index in [-0.39, 0.29) is 42.4 Å². The maximum atomic E-state index is 11.2. The molecule has 1 aromatic rings. The van der Waals surface area contributed by atoms with Crippen LogP contribution in [-0.4, -0.2) is 43.3 Å². The van der Waals surface area contributed by atoms with Crippen LogP contribution in [0.4, 0.5) is 0 Å². The number of methoxy groups -OCH3 is 2. The minimum Gasteiger partial charge on any atom is -0.493 e. The summed E-state index contributed by atoms with van der Waals surface area (Å²) in [7, 11) is -1.59. The summed E-state index contributed by atoms with van der Waals surface area (Å²) in [4.78, 5) is 0.867. The van der Waals surface area contributed by atoms with Crippen LogP contribution in [0.25, 0.3) is 0 Å². The number of nitrogens with zero attached hydrogens (tertiary/aromatic N) is 1. The number of hydrogen-bond acceptors (Lipinski definition) is 4. The van der Waals surface area contributed by atoms with E-state index in [4.69, 9.17) is 21.8 Å². The lowest BCUT2D eigenvalue weighted by Gasteiger charge is -2.46. The van der Waals surface area contributed by atoms with E-state index >= 15 is 0 Å². The zero-order valence-electron chi connectivity index (χ0n) is 23.6. The fourth-order valence-electron chi connectivity index (χ4n) is 2.96. The third kappa shape index (κ3) is 3.20. The first kappa shape index (κ1) is 8.21. The van der Waals surface area contributed by atoms with E-state index in [2.05, 4.69) is 0 Å². The van der Waals surface area contributed by atoms with Crippen molar-refractivity contribution in [3.63, 3.8) is 0 Å². The van der Waals surface area contributed by atoms with Crippen molar-refractivity contribution in [3.8, 4) is 11.5 Å². The summed E-state index contributed by atoms with van der Waals surface area (Å²) < 4.78 is 94.0. The van der Waals surface area contributed by atoms with Crippen molar-refractivity contribution in [3.05, 3.63) is 23.3 Å². The Bertz CT molecular complexity index is 935. The van der Waals surface area contributed by atoms with E-state index in [1.54, 1.807) is 13.8 Å². The standard InChI is InChI=1S/C19H29NO3/c1-12(2)7-14-11-20-6-5-13-8-18(22-3)19(23-4)9-15(13)16(20)10-17(14)21/h8-9,12,14,16-17,21H,5-7,10-11H2,1-4H3/i4D3,10D2,11D2,14D,16D,17D. The summed E-state index contributed by atoms with van der Waals surface area (Å²) in [5.74, 6) is -3.23. The van der Waals surface area contributed by atoms with Crippen LogP contribution >= 0.6 is 0 Å². The van der Waals surface area contributed by atoms with Gasteiger partial charge < -0.3 is 14.6 Å². The molecule has 128 valence electrons. The third-order valence-electron chi connectivity index (χ3n) is 4.03. The van der Waals surface area contributed by atoms with Crippen LogP contribution in [0.2, 0.25) is 0 Å². The molecule has 3 rings (SSSR count). The molecule has 0 bridgehead atoms. The molecule has 3 unspecified atom stereocenters. The Labute approximate surface area is 153 Å². The van der Waals surface area contributed by atoms with Crippen LogP contribution in [0.5, 0.6) is 11.5 Å². The number of fused-ring (bicyclic) bond motifs is 3. The molecule has 0 spiro atoms. The molecule has 1 fully saturated rings.